The van der Waals surface area contributed by atoms with Gasteiger partial charge in [-0.25, -0.2) is 4.79 Å². The molecule has 6 atom stereocenters. The second kappa shape index (κ2) is 16.2. The largest absolute Gasteiger partial charge is 0.480 e. The molecule has 0 aromatic heterocycles. The van der Waals surface area contributed by atoms with Crippen LogP contribution in [-0.4, -0.2) is 65.0 Å². The van der Waals surface area contributed by atoms with Gasteiger partial charge in [0.2, 0.25) is 17.7 Å². The Balaban J connectivity index is 3.02. The van der Waals surface area contributed by atoms with Crippen LogP contribution in [0.1, 0.15) is 52.5 Å². The zero-order valence-corrected chi connectivity index (χ0v) is 22.8. The number of carbonyl (C=O) groups excluding carboxylic acids is 3. The number of benzene rings is 1. The second-order valence-corrected chi connectivity index (χ2v) is 10.2. The Labute approximate surface area is 218 Å². The summed E-state index contributed by atoms with van der Waals surface area (Å²) in [5.41, 5.74) is 6.75. The van der Waals surface area contributed by atoms with Crippen molar-refractivity contribution in [3.05, 3.63) is 35.9 Å². The molecule has 10 heteroatoms. The van der Waals surface area contributed by atoms with E-state index in [1.54, 1.807) is 36.0 Å². The topological polar surface area (TPSA) is 151 Å². The molecule has 0 aliphatic carbocycles. The molecule has 3 amide bonds. The van der Waals surface area contributed by atoms with Crippen molar-refractivity contribution in [2.45, 2.75) is 77.5 Å². The van der Waals surface area contributed by atoms with Gasteiger partial charge in [-0.05, 0) is 35.8 Å². The fourth-order valence-electron chi connectivity index (χ4n) is 3.59. The summed E-state index contributed by atoms with van der Waals surface area (Å²) in [5.74, 6) is -2.39. The van der Waals surface area contributed by atoms with Crippen LogP contribution in [0.25, 0.3) is 0 Å². The van der Waals surface area contributed by atoms with Crippen LogP contribution in [0.5, 0.6) is 0 Å². The van der Waals surface area contributed by atoms with E-state index in [9.17, 15) is 24.3 Å². The molecule has 0 aliphatic rings. The summed E-state index contributed by atoms with van der Waals surface area (Å²) >= 11 is 1.58. The van der Waals surface area contributed by atoms with Crippen LogP contribution in [-0.2, 0) is 25.6 Å². The number of amides is 3. The van der Waals surface area contributed by atoms with Crippen LogP contribution in [0.4, 0.5) is 0 Å². The summed E-state index contributed by atoms with van der Waals surface area (Å²) in [5, 5.41) is 17.8. The third kappa shape index (κ3) is 10.2. The molecule has 0 saturated carbocycles. The standard InChI is InChI=1S/C26H42N4O5S/c1-6-16(3)21(24(32)28-20(26(34)35)15-18-11-9-8-10-12-18)30-25(33)22(17(4)7-2)29-23(31)19(27)13-14-36-5/h8-12,16-17,19-22H,6-7,13-15,27H2,1-5H3,(H,28,32)(H,29,31)(H,30,33)(H,34,35). The monoisotopic (exact) mass is 522 g/mol. The number of hydrogen-bond donors (Lipinski definition) is 5. The Hall–Kier alpha value is -2.59. The SMILES string of the molecule is CCC(C)C(NC(=O)C(N)CCSC)C(=O)NC(C(=O)NC(Cc1ccccc1)C(=O)O)C(C)CC. The number of aliphatic carboxylic acids is 1. The molecule has 36 heavy (non-hydrogen) atoms. The maximum absolute atomic E-state index is 13.3. The lowest BCUT2D eigenvalue weighted by Crippen LogP contribution is -2.60. The summed E-state index contributed by atoms with van der Waals surface area (Å²) < 4.78 is 0. The molecule has 0 heterocycles. The van der Waals surface area contributed by atoms with Crippen LogP contribution < -0.4 is 21.7 Å². The first-order chi connectivity index (χ1) is 17.0. The molecule has 0 radical (unpaired) electrons. The molecule has 9 nitrogen and oxygen atoms in total. The predicted octanol–water partition coefficient (Wildman–Crippen LogP) is 1.94. The fraction of sp³-hybridized carbons (Fsp3) is 0.615. The van der Waals surface area contributed by atoms with E-state index in [1.165, 1.54) is 0 Å². The highest BCUT2D eigenvalue weighted by molar-refractivity contribution is 7.98. The third-order valence-corrected chi connectivity index (χ3v) is 7.10. The molecular formula is C26H42N4O5S. The molecule has 0 spiro atoms. The zero-order valence-electron chi connectivity index (χ0n) is 22.0. The number of nitrogens with one attached hydrogen (secondary N) is 3. The van der Waals surface area contributed by atoms with Gasteiger partial charge in [-0.15, -0.1) is 0 Å². The van der Waals surface area contributed by atoms with Crippen molar-refractivity contribution in [3.63, 3.8) is 0 Å². The van der Waals surface area contributed by atoms with E-state index in [0.717, 1.165) is 11.3 Å². The number of thioether (sulfide) groups is 1. The minimum absolute atomic E-state index is 0.114. The van der Waals surface area contributed by atoms with Crippen molar-refractivity contribution in [2.24, 2.45) is 17.6 Å². The smallest absolute Gasteiger partial charge is 0.326 e. The van der Waals surface area contributed by atoms with Crippen LogP contribution in [0.2, 0.25) is 0 Å². The van der Waals surface area contributed by atoms with E-state index in [2.05, 4.69) is 16.0 Å². The lowest BCUT2D eigenvalue weighted by Gasteiger charge is -2.30. The number of nitrogens with two attached hydrogens (primary N) is 1. The Morgan fingerprint density at radius 1 is 0.889 bits per heavy atom. The van der Waals surface area contributed by atoms with Gasteiger partial charge in [0, 0.05) is 6.42 Å². The van der Waals surface area contributed by atoms with Crippen molar-refractivity contribution < 1.29 is 24.3 Å². The number of rotatable bonds is 16. The van der Waals surface area contributed by atoms with E-state index < -0.39 is 47.9 Å². The first-order valence-corrected chi connectivity index (χ1v) is 13.9. The van der Waals surface area contributed by atoms with Crippen LogP contribution >= 0.6 is 11.8 Å². The van der Waals surface area contributed by atoms with E-state index in [4.69, 9.17) is 5.73 Å². The minimum Gasteiger partial charge on any atom is -0.480 e. The molecule has 1 aromatic carbocycles. The molecule has 0 fully saturated rings. The van der Waals surface area contributed by atoms with Crippen molar-refractivity contribution in [2.75, 3.05) is 12.0 Å². The Morgan fingerprint density at radius 3 is 1.86 bits per heavy atom. The van der Waals surface area contributed by atoms with Crippen LogP contribution in [0.15, 0.2) is 30.3 Å². The van der Waals surface area contributed by atoms with E-state index >= 15 is 0 Å². The van der Waals surface area contributed by atoms with Gasteiger partial charge in [-0.3, -0.25) is 14.4 Å². The Bertz CT molecular complexity index is 854. The van der Waals surface area contributed by atoms with Crippen molar-refractivity contribution in [3.8, 4) is 0 Å². The fourth-order valence-corrected chi connectivity index (χ4v) is 4.08. The molecule has 1 aromatic rings. The molecule has 202 valence electrons. The second-order valence-electron chi connectivity index (χ2n) is 9.22. The summed E-state index contributed by atoms with van der Waals surface area (Å²) in [6, 6.07) is 5.29. The molecule has 0 bridgehead atoms. The average molecular weight is 523 g/mol. The normalized spacial score (nSPS) is 16.1. The lowest BCUT2D eigenvalue weighted by molar-refractivity contribution is -0.142. The summed E-state index contributed by atoms with van der Waals surface area (Å²) in [7, 11) is 0. The van der Waals surface area contributed by atoms with Gasteiger partial charge in [0.1, 0.15) is 18.1 Å². The van der Waals surface area contributed by atoms with E-state index in [-0.39, 0.29) is 18.3 Å². The number of carboxylic acid groups (broad SMARTS) is 1. The summed E-state index contributed by atoms with van der Waals surface area (Å²) in [6.07, 6.45) is 3.72. The van der Waals surface area contributed by atoms with Crippen LogP contribution in [0.3, 0.4) is 0 Å². The number of carbonyl (C=O) groups is 4. The predicted molar refractivity (Wildman–Crippen MR) is 143 cm³/mol. The van der Waals surface area contributed by atoms with Gasteiger partial charge < -0.3 is 26.8 Å². The van der Waals surface area contributed by atoms with Crippen LogP contribution in [0, 0.1) is 11.8 Å². The van der Waals surface area contributed by atoms with E-state index in [1.807, 2.05) is 40.0 Å². The number of hydrogen-bond acceptors (Lipinski definition) is 6. The molecule has 0 aliphatic heterocycles. The van der Waals surface area contributed by atoms with Gasteiger partial charge in [-0.2, -0.15) is 11.8 Å². The van der Waals surface area contributed by atoms with Crippen molar-refractivity contribution >= 4 is 35.5 Å². The van der Waals surface area contributed by atoms with E-state index in [0.29, 0.717) is 19.3 Å². The number of carboxylic acids is 1. The zero-order chi connectivity index (χ0) is 27.3. The van der Waals surface area contributed by atoms with Gasteiger partial charge in [0.05, 0.1) is 6.04 Å². The molecule has 1 rings (SSSR count). The Kier molecular flexibility index (Phi) is 14.2. The van der Waals surface area contributed by atoms with Gasteiger partial charge >= 0.3 is 5.97 Å². The molecular weight excluding hydrogens is 480 g/mol. The maximum atomic E-state index is 13.3. The quantitative estimate of drug-likeness (QED) is 0.223. The van der Waals surface area contributed by atoms with Gasteiger partial charge in [0.15, 0.2) is 0 Å². The highest BCUT2D eigenvalue weighted by Crippen LogP contribution is 2.14. The highest BCUT2D eigenvalue weighted by Gasteiger charge is 2.34. The third-order valence-electron chi connectivity index (χ3n) is 6.45. The molecule has 6 N–H and O–H groups in total. The first-order valence-electron chi connectivity index (χ1n) is 12.5. The molecule has 0 saturated heterocycles. The molecule has 6 unspecified atom stereocenters. The minimum atomic E-state index is -1.16. The highest BCUT2D eigenvalue weighted by atomic mass is 32.2. The lowest BCUT2D eigenvalue weighted by atomic mass is 9.94. The summed E-state index contributed by atoms with van der Waals surface area (Å²) in [6.45, 7) is 7.45. The van der Waals surface area contributed by atoms with Gasteiger partial charge in [-0.1, -0.05) is 70.9 Å². The average Bonchev–Trinajstić information content (AvgIpc) is 2.87. The van der Waals surface area contributed by atoms with Gasteiger partial charge in [0.25, 0.3) is 0 Å². The maximum Gasteiger partial charge on any atom is 0.326 e. The summed E-state index contributed by atoms with van der Waals surface area (Å²) in [4.78, 5) is 51.0. The Morgan fingerprint density at radius 2 is 1.39 bits per heavy atom. The first kappa shape index (κ1) is 31.4. The van der Waals surface area contributed by atoms with Crippen molar-refractivity contribution in [1.29, 1.82) is 0 Å². The van der Waals surface area contributed by atoms with Crippen molar-refractivity contribution in [1.82, 2.24) is 16.0 Å².